The third-order valence-corrected chi connectivity index (χ3v) is 30.6. The minimum Gasteiger partial charge on any atom is -0.390 e. The van der Waals surface area contributed by atoms with Crippen molar-refractivity contribution < 1.29 is 168 Å². The van der Waals surface area contributed by atoms with Crippen LogP contribution in [0.5, 0.6) is 0 Å². The van der Waals surface area contributed by atoms with Crippen molar-refractivity contribution in [2.75, 3.05) is 80.7 Å². The van der Waals surface area contributed by atoms with Gasteiger partial charge >= 0.3 is 66.1 Å². The molecule has 7 fully saturated rings. The summed E-state index contributed by atoms with van der Waals surface area (Å²) in [7, 11) is -39.1. The number of phosphoric acid groups is 7. The van der Waals surface area contributed by atoms with Crippen LogP contribution in [0.15, 0.2) is 90.0 Å². The third kappa shape index (κ3) is 23.5. The van der Waals surface area contributed by atoms with Gasteiger partial charge in [0.1, 0.15) is 141 Å². The smallest absolute Gasteiger partial charge is 0.390 e. The molecule has 0 saturated carbocycles. The standard InChI is InChI=1S/C69H87N30O43P7/c1-25-11-94(69(107)92-59(25)101)41-4-26(100)33(130-41)12-124-144(111,112)138-29-7-44(96-21-79-49-55(96)84-64(72)88-60(49)102)133-36(29)15-128-148(119,120)142-32-10-47(99-24-82-52-58(99)87-67(75)91-63(52)105)135-38(32)17-127-146(115,116)139-28-6-43(95-20-78-48-53(71)76-19-77-54(48)95)132-35(28)14-125-147(117,118)140-31-9-46(98-23-81-51-57(98)86-66(74)90-62(51)104)136-39(31)18-129-149(121,122)141-30-8-45(97-22-80-50-56(97)85-65(73)89-61(50)103)134-37(30)16-126-145(113,114)137-27-5-42(93-3-2-40(70)83-68(93)106)131-34(27)13-123-143(108,109)110/h2-3,11,19-24,26-39,41-47,100H,4-10,12-18H2,1H3,(H,111,112)(H,113,114)(H,115,116)(H,117,118)(H,119,120)(H,121,122)(H2,70,83,106)(H2,71,76,77)(H,92,101,107)(H2,108,109,110)(H3,72,84,88,102)(H3,73,85,89,103)(H3,74,86,90,104)(H3,75,87,91,105)/t26-,27-,28-,29-,30-,31-,32-,33+,34+,35+,36+,37+,38+,39+,41+,42+,43+,44+,45+,46+,47+/m0/s1. The number of aliphatic hydroxyl groups excluding tert-OH is 1. The van der Waals surface area contributed by atoms with Crippen molar-refractivity contribution in [2.24, 2.45) is 0 Å². The van der Waals surface area contributed by atoms with Gasteiger partial charge in [0.25, 0.3) is 27.8 Å². The molecular weight excluding hydrogens is 2150 g/mol. The predicted molar refractivity (Wildman–Crippen MR) is 487 cm³/mol. The molecule has 12 aromatic heterocycles. The second-order valence-electron chi connectivity index (χ2n) is 34.1. The summed E-state index contributed by atoms with van der Waals surface area (Å²) >= 11 is 0. The number of hydrogen-bond acceptors (Lipinski definition) is 53. The van der Waals surface area contributed by atoms with E-state index in [9.17, 15) is 110 Å². The van der Waals surface area contributed by atoms with Crippen molar-refractivity contribution in [2.45, 2.75) is 181 Å². The highest BCUT2D eigenvalue weighted by Gasteiger charge is 2.54. The summed E-state index contributed by atoms with van der Waals surface area (Å²) in [6, 6.07) is 1.19. The van der Waals surface area contributed by atoms with Gasteiger partial charge in [0.15, 0.2) is 56.1 Å². The van der Waals surface area contributed by atoms with E-state index < -0.39 is 326 Å². The minimum absolute atomic E-state index is 0.00635. The summed E-state index contributed by atoms with van der Waals surface area (Å²) in [4.78, 5) is 239. The van der Waals surface area contributed by atoms with Crippen LogP contribution >= 0.6 is 54.8 Å². The first-order valence-electron chi connectivity index (χ1n) is 43.8. The van der Waals surface area contributed by atoms with E-state index >= 15 is 0 Å². The summed E-state index contributed by atoms with van der Waals surface area (Å²) < 4.78 is 221. The van der Waals surface area contributed by atoms with Gasteiger partial charge in [-0.05, 0) is 13.0 Å². The molecule has 0 aromatic carbocycles. The molecule has 7 aliphatic rings. The number of nitrogens with one attached hydrogen (secondary N) is 5. The topological polar surface area (TPSA) is 1030 Å². The van der Waals surface area contributed by atoms with E-state index in [1.165, 1.54) is 30.1 Å². The number of aromatic nitrogens is 24. The summed E-state index contributed by atoms with van der Waals surface area (Å²) in [5.74, 6) is -2.01. The van der Waals surface area contributed by atoms with Crippen molar-refractivity contribution in [3.8, 4) is 0 Å². The minimum atomic E-state index is -5.75. The Kier molecular flexibility index (Phi) is 29.5. The summed E-state index contributed by atoms with van der Waals surface area (Å²) in [5, 5.41) is 11.0. The van der Waals surface area contributed by atoms with Crippen LogP contribution in [0.4, 0.5) is 35.4 Å². The fourth-order valence-electron chi connectivity index (χ4n) is 17.4. The number of aliphatic hydroxyl groups is 1. The zero-order chi connectivity index (χ0) is 106. The van der Waals surface area contributed by atoms with Crippen molar-refractivity contribution >= 4 is 146 Å². The summed E-state index contributed by atoms with van der Waals surface area (Å²) in [6.45, 7) is -6.25. The molecule has 27 atom stereocenters. The van der Waals surface area contributed by atoms with Gasteiger partial charge in [-0.25, -0.2) is 76.4 Å². The molecular formula is C69H87N30O43P7. The van der Waals surface area contributed by atoms with E-state index in [4.69, 9.17) is 122 Å². The number of imidazole rings is 5. The molecule has 7 saturated heterocycles. The maximum atomic E-state index is 14.8. The summed E-state index contributed by atoms with van der Waals surface area (Å²) in [5.41, 5.74) is 27.5. The van der Waals surface area contributed by atoms with E-state index in [2.05, 4.69) is 89.3 Å². The number of aromatic amines is 5. The molecule has 6 unspecified atom stereocenters. The zero-order valence-electron chi connectivity index (χ0n) is 75.7. The van der Waals surface area contributed by atoms with E-state index in [-0.39, 0.29) is 85.4 Å². The molecule has 19 rings (SSSR count). The predicted octanol–water partition coefficient (Wildman–Crippen LogP) is -3.54. The Balaban J connectivity index is 0.551. The van der Waals surface area contributed by atoms with E-state index in [1.54, 1.807) is 0 Å². The molecule has 19 heterocycles. The number of rotatable bonds is 40. The average molecular weight is 2240 g/mol. The molecule has 0 spiro atoms. The Morgan fingerprint density at radius 2 is 0.611 bits per heavy atom. The van der Waals surface area contributed by atoms with Crippen LogP contribution in [-0.4, -0.2) is 293 Å². The SMILES string of the molecule is Cc1cn([C@H]2C[C@H](O)[C@@H](COP(=O)(O)O[C@H]3C[C@H](n4cnc5c(=O)[nH]c(N)nc54)O[C@@H]3COP(=O)(O)O[C@H]3C[C@H](n4cnc5c(=O)[nH]c(N)nc54)O[C@@H]3COP(=O)(O)O[C@H]3C[C@H](n4cnc5c(N)ncnc54)O[C@@H]3COP(=O)(O)O[C@H]3C[C@H](n4cnc5c(=O)[nH]c(N)nc54)O[C@@H]3COP(=O)(O)O[C@H]3C[C@H](n4cnc5c(=O)[nH]c(N)nc54)O[C@@H]3COP(=O)(O)O[C@H]3C[C@H](n4ccc(N)nc4=O)O[C@@H]3COP(=O)(O)O)O2)c(=O)[nH]c1=O. The average Bonchev–Trinajstić information content (AvgIpc) is 1.63. The lowest BCUT2D eigenvalue weighted by Gasteiger charge is -2.26. The normalized spacial score (nSPS) is 28.9. The number of hydrogen-bond donors (Lipinski definition) is 20. The maximum absolute atomic E-state index is 14.8. The van der Waals surface area contributed by atoms with Crippen LogP contribution in [0.2, 0.25) is 0 Å². The van der Waals surface area contributed by atoms with Crippen LogP contribution < -0.4 is 73.6 Å². The molecule has 0 bridgehead atoms. The Morgan fingerprint density at radius 3 is 0.919 bits per heavy atom. The number of nitrogens with zero attached hydrogens (tertiary/aromatic N) is 19. The van der Waals surface area contributed by atoms with Crippen LogP contribution in [0, 0.1) is 6.92 Å². The fourth-order valence-corrected chi connectivity index (χ4v) is 23.5. The van der Waals surface area contributed by atoms with Crippen LogP contribution in [0.1, 0.15) is 94.1 Å². The van der Waals surface area contributed by atoms with E-state index in [1.807, 2.05) is 0 Å². The lowest BCUT2D eigenvalue weighted by Crippen LogP contribution is -2.33. The molecule has 7 aliphatic heterocycles. The molecule has 0 aliphatic carbocycles. The molecule has 73 nitrogen and oxygen atoms in total. The van der Waals surface area contributed by atoms with Crippen LogP contribution in [-0.2, 0) is 124 Å². The number of nitrogens with two attached hydrogens (primary N) is 6. The van der Waals surface area contributed by atoms with Crippen molar-refractivity contribution in [1.29, 1.82) is 0 Å². The Morgan fingerprint density at radius 1 is 0.336 bits per heavy atom. The molecule has 12 aromatic rings. The largest absolute Gasteiger partial charge is 0.472 e. The van der Waals surface area contributed by atoms with Gasteiger partial charge in [-0.2, -0.15) is 24.9 Å². The lowest BCUT2D eigenvalue weighted by molar-refractivity contribution is -0.0644. The highest BCUT2D eigenvalue weighted by molar-refractivity contribution is 7.49. The third-order valence-electron chi connectivity index (χ3n) is 24.1. The van der Waals surface area contributed by atoms with Gasteiger partial charge in [0.2, 0.25) is 23.8 Å². The molecule has 806 valence electrons. The summed E-state index contributed by atoms with van der Waals surface area (Å²) in [6.07, 6.45) is -28.9. The highest BCUT2D eigenvalue weighted by atomic mass is 31.2. The van der Waals surface area contributed by atoms with Crippen LogP contribution in [0.25, 0.3) is 55.8 Å². The van der Waals surface area contributed by atoms with Gasteiger partial charge in [-0.15, -0.1) is 0 Å². The number of phosphoric ester groups is 7. The second-order valence-corrected chi connectivity index (χ2v) is 43.7. The van der Waals surface area contributed by atoms with Crippen molar-refractivity contribution in [3.05, 3.63) is 135 Å². The number of H-pyrrole nitrogens is 5. The number of nitrogen functional groups attached to an aromatic ring is 6. The Hall–Kier alpha value is -11.2. The monoisotopic (exact) mass is 2240 g/mol. The van der Waals surface area contributed by atoms with E-state index in [0.29, 0.717) is 0 Å². The van der Waals surface area contributed by atoms with Gasteiger partial charge in [-0.3, -0.25) is 140 Å². The highest BCUT2D eigenvalue weighted by Crippen LogP contribution is 2.58. The molecule has 149 heavy (non-hydrogen) atoms. The van der Waals surface area contributed by atoms with Gasteiger partial charge in [-0.1, -0.05) is 0 Å². The van der Waals surface area contributed by atoms with Gasteiger partial charge in [0, 0.05) is 62.9 Å². The molecule has 0 radical (unpaired) electrons. The second kappa shape index (κ2) is 41.4. The Bertz CT molecular complexity index is 7970. The first kappa shape index (κ1) is 106. The number of anilines is 6. The molecule has 80 heteroatoms. The first-order valence-corrected chi connectivity index (χ1v) is 54.3. The Labute approximate surface area is 823 Å². The van der Waals surface area contributed by atoms with Gasteiger partial charge < -0.3 is 112 Å². The van der Waals surface area contributed by atoms with Crippen LogP contribution in [0.3, 0.4) is 0 Å². The maximum Gasteiger partial charge on any atom is 0.472 e. The van der Waals surface area contributed by atoms with Crippen molar-refractivity contribution in [3.63, 3.8) is 0 Å². The van der Waals surface area contributed by atoms with E-state index in [0.717, 1.165) is 65.2 Å². The van der Waals surface area contributed by atoms with Crippen molar-refractivity contribution in [1.82, 2.24) is 117 Å². The number of aryl methyl sites for hydroxylation is 1. The fraction of sp³-hybridized carbons (Fsp3) is 0.522. The lowest BCUT2D eigenvalue weighted by atomic mass is 10.2. The zero-order valence-corrected chi connectivity index (χ0v) is 82.0. The number of ether oxygens (including phenoxy) is 7. The first-order chi connectivity index (χ1) is 70.4. The van der Waals surface area contributed by atoms with Gasteiger partial charge in [0.05, 0.1) is 84.0 Å². The molecule has 0 amide bonds. The number of fused-ring (bicyclic) bond motifs is 5. The quantitative estimate of drug-likeness (QED) is 0.0165. The molecule has 26 N–H and O–H groups in total.